The molecule has 0 radical (unpaired) electrons. The minimum Gasteiger partial charge on any atom is -0.504 e. The summed E-state index contributed by atoms with van der Waals surface area (Å²) in [6, 6.07) is 6.80. The van der Waals surface area contributed by atoms with Gasteiger partial charge in [-0.1, -0.05) is 46.0 Å². The first kappa shape index (κ1) is 28.4. The van der Waals surface area contributed by atoms with Crippen LogP contribution in [0.5, 0.6) is 17.2 Å². The molecule has 4 aromatic rings. The second kappa shape index (κ2) is 10.5. The fraction of sp³-hybridized carbons (Fsp3) is 0.250. The Hall–Kier alpha value is -3.77. The molecular formula is C28H21Cl3FN3O7. The zero-order valence-electron chi connectivity index (χ0n) is 21.4. The summed E-state index contributed by atoms with van der Waals surface area (Å²) in [7, 11) is 0. The highest BCUT2D eigenvalue weighted by molar-refractivity contribution is 6.40. The van der Waals surface area contributed by atoms with Crippen LogP contribution in [0.3, 0.4) is 0 Å². The van der Waals surface area contributed by atoms with Gasteiger partial charge in [0.2, 0.25) is 0 Å². The summed E-state index contributed by atoms with van der Waals surface area (Å²) in [5, 5.41) is 44.4. The number of carboxylic acid groups (broad SMARTS) is 1. The third-order valence-corrected chi connectivity index (χ3v) is 8.25. The second-order valence-electron chi connectivity index (χ2n) is 10.2. The zero-order chi connectivity index (χ0) is 29.9. The lowest BCUT2D eigenvalue weighted by Crippen LogP contribution is -2.60. The molecule has 1 saturated heterocycles. The Morgan fingerprint density at radius 2 is 1.88 bits per heavy atom. The summed E-state index contributed by atoms with van der Waals surface area (Å²) in [6.07, 6.45) is 2.87. The van der Waals surface area contributed by atoms with Crippen molar-refractivity contribution in [2.75, 3.05) is 18.0 Å². The van der Waals surface area contributed by atoms with Crippen LogP contribution in [0.2, 0.25) is 15.1 Å². The van der Waals surface area contributed by atoms with E-state index in [2.05, 4.69) is 10.1 Å². The number of phenols is 2. The lowest BCUT2D eigenvalue weighted by atomic mass is 9.86. The molecule has 1 aliphatic carbocycles. The van der Waals surface area contributed by atoms with E-state index in [-0.39, 0.29) is 63.3 Å². The number of aromatic hydroxyl groups is 2. The number of halogens is 4. The highest BCUT2D eigenvalue weighted by Crippen LogP contribution is 2.49. The summed E-state index contributed by atoms with van der Waals surface area (Å²) in [4.78, 5) is 16.4. The first-order chi connectivity index (χ1) is 20.0. The van der Waals surface area contributed by atoms with Gasteiger partial charge in [-0.3, -0.25) is 0 Å². The Bertz CT molecular complexity index is 1740. The molecule has 0 bridgehead atoms. The summed E-state index contributed by atoms with van der Waals surface area (Å²) < 4.78 is 26.1. The second-order valence-corrected chi connectivity index (χ2v) is 11.4. The van der Waals surface area contributed by atoms with E-state index in [0.29, 0.717) is 22.6 Å². The number of hydrogen-bond acceptors (Lipinski definition) is 9. The van der Waals surface area contributed by atoms with E-state index in [0.717, 1.165) is 31.2 Å². The number of nitrogens with zero attached hydrogens (tertiary/aromatic N) is 3. The van der Waals surface area contributed by atoms with E-state index in [9.17, 15) is 24.5 Å². The van der Waals surface area contributed by atoms with Gasteiger partial charge in [0.1, 0.15) is 29.4 Å². The van der Waals surface area contributed by atoms with Crippen LogP contribution in [0, 0.1) is 5.82 Å². The predicted octanol–water partition coefficient (Wildman–Crippen LogP) is 6.11. The van der Waals surface area contributed by atoms with Crippen LogP contribution in [0.25, 0.3) is 11.3 Å². The van der Waals surface area contributed by atoms with Crippen LogP contribution in [0.15, 0.2) is 41.1 Å². The molecule has 218 valence electrons. The highest BCUT2D eigenvalue weighted by atomic mass is 35.5. The Morgan fingerprint density at radius 1 is 1.14 bits per heavy atom. The topological polar surface area (TPSA) is 149 Å². The van der Waals surface area contributed by atoms with Crippen molar-refractivity contribution in [3.63, 3.8) is 0 Å². The predicted molar refractivity (Wildman–Crippen MR) is 150 cm³/mol. The number of aromatic nitrogens is 2. The van der Waals surface area contributed by atoms with Crippen molar-refractivity contribution in [1.82, 2.24) is 10.1 Å². The number of β-amino-alcohol motifs (C(OH)–C–C–N with tert-alkyl or cyclic N) is 1. The Morgan fingerprint density at radius 3 is 2.52 bits per heavy atom. The largest absolute Gasteiger partial charge is 0.504 e. The lowest BCUT2D eigenvalue weighted by Gasteiger charge is -2.47. The van der Waals surface area contributed by atoms with Gasteiger partial charge in [0.15, 0.2) is 23.1 Å². The lowest BCUT2D eigenvalue weighted by molar-refractivity contribution is 0.00670. The quantitative estimate of drug-likeness (QED) is 0.167. The first-order valence-electron chi connectivity index (χ1n) is 12.6. The van der Waals surface area contributed by atoms with Crippen molar-refractivity contribution in [3.8, 4) is 28.5 Å². The average molecular weight is 637 g/mol. The summed E-state index contributed by atoms with van der Waals surface area (Å²) in [5.41, 5.74) is -0.242. The molecular weight excluding hydrogens is 616 g/mol. The van der Waals surface area contributed by atoms with Gasteiger partial charge in [0.05, 0.1) is 39.3 Å². The van der Waals surface area contributed by atoms with Crippen LogP contribution in [0.4, 0.5) is 10.2 Å². The van der Waals surface area contributed by atoms with Crippen LogP contribution in [0.1, 0.15) is 46.0 Å². The van der Waals surface area contributed by atoms with Crippen molar-refractivity contribution >= 4 is 46.6 Å². The van der Waals surface area contributed by atoms with Crippen molar-refractivity contribution in [3.05, 3.63) is 79.9 Å². The number of carbonyl (C=O) groups is 1. The van der Waals surface area contributed by atoms with Gasteiger partial charge in [0, 0.05) is 29.3 Å². The molecule has 2 aromatic heterocycles. The molecule has 3 heterocycles. The fourth-order valence-electron chi connectivity index (χ4n) is 4.94. The number of aliphatic hydroxyl groups is 1. The number of aromatic carboxylic acids is 1. The normalized spacial score (nSPS) is 15.9. The number of ether oxygens (including phenoxy) is 1. The smallest absolute Gasteiger partial charge is 0.337 e. The minimum absolute atomic E-state index is 0.00995. The maximum absolute atomic E-state index is 14.4. The number of phenolic OH excluding ortho intramolecular Hbond substituents is 2. The van der Waals surface area contributed by atoms with Gasteiger partial charge in [-0.2, -0.15) is 0 Å². The van der Waals surface area contributed by atoms with Crippen molar-refractivity contribution in [2.45, 2.75) is 31.0 Å². The SMILES string of the molecule is O=C(O)c1cnc(N2CC(O)(c3ccc(OCc4c(-c5c(Cl)cc(O)c(O)c5Cl)noc4C4CC4)cc3Cl)C2)c(F)c1. The molecule has 1 aliphatic heterocycles. The monoisotopic (exact) mass is 635 g/mol. The van der Waals surface area contributed by atoms with Crippen molar-refractivity contribution in [1.29, 1.82) is 0 Å². The van der Waals surface area contributed by atoms with Gasteiger partial charge in [-0.15, -0.1) is 0 Å². The molecule has 2 fully saturated rings. The van der Waals surface area contributed by atoms with Crippen LogP contribution in [-0.2, 0) is 12.2 Å². The minimum atomic E-state index is -1.40. The van der Waals surface area contributed by atoms with Gasteiger partial charge in [0.25, 0.3) is 0 Å². The van der Waals surface area contributed by atoms with Crippen LogP contribution < -0.4 is 9.64 Å². The molecule has 1 saturated carbocycles. The van der Waals surface area contributed by atoms with Gasteiger partial charge < -0.3 is 34.6 Å². The number of hydrogen-bond donors (Lipinski definition) is 4. The fourth-order valence-corrected chi connectivity index (χ4v) is 5.91. The maximum Gasteiger partial charge on any atom is 0.337 e. The first-order valence-corrected chi connectivity index (χ1v) is 13.8. The Kier molecular flexibility index (Phi) is 7.09. The summed E-state index contributed by atoms with van der Waals surface area (Å²) >= 11 is 19.2. The van der Waals surface area contributed by atoms with Crippen molar-refractivity contribution in [2.24, 2.45) is 0 Å². The van der Waals surface area contributed by atoms with Crippen LogP contribution >= 0.6 is 34.8 Å². The van der Waals surface area contributed by atoms with E-state index in [4.69, 9.17) is 49.2 Å². The molecule has 0 spiro atoms. The third kappa shape index (κ3) is 4.96. The molecule has 0 atom stereocenters. The van der Waals surface area contributed by atoms with E-state index in [1.807, 2.05) is 0 Å². The Labute approximate surface area is 252 Å². The van der Waals surface area contributed by atoms with Crippen LogP contribution in [-0.4, -0.2) is 49.6 Å². The third-order valence-electron chi connectivity index (χ3n) is 7.27. The molecule has 10 nitrogen and oxygen atoms in total. The molecule has 4 N–H and O–H groups in total. The zero-order valence-corrected chi connectivity index (χ0v) is 23.7. The Balaban J connectivity index is 1.20. The maximum atomic E-state index is 14.4. The number of rotatable bonds is 8. The molecule has 42 heavy (non-hydrogen) atoms. The van der Waals surface area contributed by atoms with E-state index in [1.54, 1.807) is 12.1 Å². The number of anilines is 1. The number of pyridine rings is 1. The van der Waals surface area contributed by atoms with E-state index < -0.39 is 28.9 Å². The molecule has 0 unspecified atom stereocenters. The van der Waals surface area contributed by atoms with Gasteiger partial charge in [-0.05, 0) is 31.0 Å². The van der Waals surface area contributed by atoms with Gasteiger partial charge in [-0.25, -0.2) is 14.2 Å². The molecule has 14 heteroatoms. The molecule has 2 aliphatic rings. The standard InChI is InChI=1S/C28H21Cl3FN3O7/c29-17-6-14(3-4-16(17)28(40)10-35(11-28)26-19(32)5-13(8-33-26)27(38)39)41-9-15-23(34-42-25(15)12-1-2-12)21-18(30)7-20(36)24(37)22(21)31/h3-8,12,36-37,40H,1-2,9-11H2,(H,38,39). The molecule has 0 amide bonds. The highest BCUT2D eigenvalue weighted by Gasteiger charge is 2.45. The number of carboxylic acids is 1. The summed E-state index contributed by atoms with van der Waals surface area (Å²) in [6.45, 7) is -0.0396. The van der Waals surface area contributed by atoms with Gasteiger partial charge >= 0.3 is 5.97 Å². The number of benzene rings is 2. The summed E-state index contributed by atoms with van der Waals surface area (Å²) in [5.74, 6) is -2.05. The average Bonchev–Trinajstić information content (AvgIpc) is 3.69. The van der Waals surface area contributed by atoms with E-state index >= 15 is 0 Å². The molecule has 2 aromatic carbocycles. The van der Waals surface area contributed by atoms with Crippen molar-refractivity contribution < 1.29 is 38.9 Å². The molecule has 6 rings (SSSR count). The van der Waals surface area contributed by atoms with E-state index in [1.165, 1.54) is 11.0 Å².